The summed E-state index contributed by atoms with van der Waals surface area (Å²) in [6, 6.07) is 0. The molecule has 0 aromatic carbocycles. The maximum atomic E-state index is 12.1. The second-order valence-electron chi connectivity index (χ2n) is 2.66. The molecule has 5 nitrogen and oxygen atoms in total. The van der Waals surface area contributed by atoms with Gasteiger partial charge in [-0.2, -0.15) is 8.75 Å². The average Bonchev–Trinajstić information content (AvgIpc) is 2.68. The van der Waals surface area contributed by atoms with Crippen LogP contribution in [0.15, 0.2) is 6.20 Å². The molecule has 1 aromatic rings. The summed E-state index contributed by atoms with van der Waals surface area (Å²) in [5.41, 5.74) is 0.0223. The molecule has 0 aliphatic carbocycles. The summed E-state index contributed by atoms with van der Waals surface area (Å²) in [6.45, 7) is -1.21. The second-order valence-corrected chi connectivity index (χ2v) is 3.22. The van der Waals surface area contributed by atoms with Crippen LogP contribution in [0.5, 0.6) is 0 Å². The van der Waals surface area contributed by atoms with E-state index in [9.17, 15) is 13.6 Å². The third kappa shape index (κ3) is 3.48. The normalized spacial score (nSPS) is 10.7. The van der Waals surface area contributed by atoms with Gasteiger partial charge < -0.3 is 10.0 Å². The van der Waals surface area contributed by atoms with Gasteiger partial charge in [0.05, 0.1) is 31.1 Å². The second kappa shape index (κ2) is 5.66. The first kappa shape index (κ1) is 11.9. The molecule has 0 saturated carbocycles. The SMILES string of the molecule is O=C(c1cnsn1)N(CCO)CC(F)F. The van der Waals surface area contributed by atoms with Crippen LogP contribution < -0.4 is 0 Å². The molecule has 0 atom stereocenters. The van der Waals surface area contributed by atoms with E-state index in [1.807, 2.05) is 0 Å². The van der Waals surface area contributed by atoms with Crippen molar-refractivity contribution in [1.29, 1.82) is 0 Å². The van der Waals surface area contributed by atoms with Gasteiger partial charge in [-0.3, -0.25) is 4.79 Å². The topological polar surface area (TPSA) is 66.3 Å². The third-order valence-electron chi connectivity index (χ3n) is 1.60. The van der Waals surface area contributed by atoms with Gasteiger partial charge in [0.25, 0.3) is 12.3 Å². The van der Waals surface area contributed by atoms with Crippen molar-refractivity contribution in [2.45, 2.75) is 6.43 Å². The van der Waals surface area contributed by atoms with Crippen LogP contribution in [0.25, 0.3) is 0 Å². The number of alkyl halides is 2. The van der Waals surface area contributed by atoms with Crippen LogP contribution in [-0.2, 0) is 0 Å². The number of aliphatic hydroxyl groups is 1. The van der Waals surface area contributed by atoms with Gasteiger partial charge >= 0.3 is 0 Å². The highest BCUT2D eigenvalue weighted by Gasteiger charge is 2.20. The van der Waals surface area contributed by atoms with Crippen molar-refractivity contribution in [3.05, 3.63) is 11.9 Å². The lowest BCUT2D eigenvalue weighted by Gasteiger charge is -2.19. The van der Waals surface area contributed by atoms with E-state index in [-0.39, 0.29) is 18.8 Å². The largest absolute Gasteiger partial charge is 0.395 e. The Morgan fingerprint density at radius 2 is 2.40 bits per heavy atom. The summed E-state index contributed by atoms with van der Waals surface area (Å²) in [5.74, 6) is -0.641. The van der Waals surface area contributed by atoms with Crippen molar-refractivity contribution in [3.8, 4) is 0 Å². The van der Waals surface area contributed by atoms with Crippen molar-refractivity contribution in [2.24, 2.45) is 0 Å². The van der Waals surface area contributed by atoms with E-state index >= 15 is 0 Å². The van der Waals surface area contributed by atoms with Crippen LogP contribution in [0.1, 0.15) is 10.5 Å². The van der Waals surface area contributed by atoms with E-state index in [4.69, 9.17) is 5.11 Å². The van der Waals surface area contributed by atoms with E-state index < -0.39 is 18.9 Å². The minimum atomic E-state index is -2.63. The first-order valence-corrected chi connectivity index (χ1v) is 4.84. The van der Waals surface area contributed by atoms with Gasteiger partial charge in [-0.05, 0) is 0 Å². The van der Waals surface area contributed by atoms with Crippen molar-refractivity contribution in [2.75, 3.05) is 19.7 Å². The number of carbonyl (C=O) groups is 1. The van der Waals surface area contributed by atoms with Crippen LogP contribution in [0.2, 0.25) is 0 Å². The summed E-state index contributed by atoms with van der Waals surface area (Å²) in [6.07, 6.45) is -1.42. The summed E-state index contributed by atoms with van der Waals surface area (Å²) < 4.78 is 31.4. The molecule has 15 heavy (non-hydrogen) atoms. The molecule has 8 heteroatoms. The lowest BCUT2D eigenvalue weighted by molar-refractivity contribution is 0.0505. The standard InChI is InChI=1S/C7H9F2N3O2S/c8-6(9)4-12(1-2-13)7(14)5-3-10-15-11-5/h3,6,13H,1-2,4H2. The Kier molecular flexibility index (Phi) is 4.50. The quantitative estimate of drug-likeness (QED) is 0.796. The van der Waals surface area contributed by atoms with E-state index in [0.717, 1.165) is 16.6 Å². The van der Waals surface area contributed by atoms with Crippen molar-refractivity contribution in [1.82, 2.24) is 13.6 Å². The number of nitrogens with zero attached hydrogens (tertiary/aromatic N) is 3. The molecule has 0 bridgehead atoms. The minimum Gasteiger partial charge on any atom is -0.395 e. The number of hydrogen-bond acceptors (Lipinski definition) is 5. The number of aromatic nitrogens is 2. The highest BCUT2D eigenvalue weighted by atomic mass is 32.1. The zero-order valence-corrected chi connectivity index (χ0v) is 8.45. The number of amides is 1. The molecule has 0 spiro atoms. The summed E-state index contributed by atoms with van der Waals surface area (Å²) in [4.78, 5) is 12.4. The van der Waals surface area contributed by atoms with Gasteiger partial charge in [-0.1, -0.05) is 0 Å². The van der Waals surface area contributed by atoms with Gasteiger partial charge in [0.2, 0.25) is 0 Å². The zero-order chi connectivity index (χ0) is 11.3. The first-order valence-electron chi connectivity index (χ1n) is 4.11. The van der Waals surface area contributed by atoms with Crippen molar-refractivity contribution >= 4 is 17.6 Å². The van der Waals surface area contributed by atoms with Gasteiger partial charge in [0.1, 0.15) is 0 Å². The Morgan fingerprint density at radius 1 is 1.67 bits per heavy atom. The maximum absolute atomic E-state index is 12.1. The summed E-state index contributed by atoms with van der Waals surface area (Å²) >= 11 is 0.825. The van der Waals surface area contributed by atoms with E-state index in [1.54, 1.807) is 0 Å². The molecule has 1 amide bonds. The Morgan fingerprint density at radius 3 is 2.87 bits per heavy atom. The Bertz CT molecular complexity index is 307. The molecular formula is C7H9F2N3O2S. The van der Waals surface area contributed by atoms with Crippen molar-refractivity contribution < 1.29 is 18.7 Å². The summed E-state index contributed by atoms with van der Waals surface area (Å²) in [7, 11) is 0. The predicted molar refractivity (Wildman–Crippen MR) is 48.9 cm³/mol. The maximum Gasteiger partial charge on any atom is 0.275 e. The molecule has 0 aliphatic rings. The summed E-state index contributed by atoms with van der Waals surface area (Å²) in [5, 5.41) is 8.62. The molecule has 0 saturated heterocycles. The van der Waals surface area contributed by atoms with Crippen LogP contribution in [0.4, 0.5) is 8.78 Å². The molecular weight excluding hydrogens is 228 g/mol. The molecule has 0 fully saturated rings. The van der Waals surface area contributed by atoms with Gasteiger partial charge in [-0.25, -0.2) is 8.78 Å². The Labute approximate surface area is 88.7 Å². The van der Waals surface area contributed by atoms with E-state index in [2.05, 4.69) is 8.75 Å². The number of carbonyl (C=O) groups excluding carboxylic acids is 1. The number of halogens is 2. The molecule has 1 aromatic heterocycles. The molecule has 0 unspecified atom stereocenters. The Balaban J connectivity index is 2.67. The molecule has 84 valence electrons. The smallest absolute Gasteiger partial charge is 0.275 e. The van der Waals surface area contributed by atoms with Crippen LogP contribution in [0, 0.1) is 0 Å². The van der Waals surface area contributed by atoms with E-state index in [0.29, 0.717) is 0 Å². The molecule has 0 radical (unpaired) electrons. The lowest BCUT2D eigenvalue weighted by Crippen LogP contribution is -2.37. The fourth-order valence-electron chi connectivity index (χ4n) is 0.984. The van der Waals surface area contributed by atoms with E-state index in [1.165, 1.54) is 6.20 Å². The average molecular weight is 237 g/mol. The Hall–Kier alpha value is -1.15. The predicted octanol–water partition coefficient (Wildman–Crippen LogP) is 0.238. The fraction of sp³-hybridized carbons (Fsp3) is 0.571. The highest BCUT2D eigenvalue weighted by molar-refractivity contribution is 6.99. The molecule has 1 heterocycles. The minimum absolute atomic E-state index is 0.0223. The van der Waals surface area contributed by atoms with Crippen LogP contribution in [-0.4, -0.2) is 50.8 Å². The lowest BCUT2D eigenvalue weighted by atomic mass is 10.3. The number of hydrogen-bond donors (Lipinski definition) is 1. The third-order valence-corrected chi connectivity index (χ3v) is 2.07. The van der Waals surface area contributed by atoms with Crippen LogP contribution in [0.3, 0.4) is 0 Å². The van der Waals surface area contributed by atoms with Gasteiger partial charge in [0, 0.05) is 6.54 Å². The van der Waals surface area contributed by atoms with Gasteiger partial charge in [-0.15, -0.1) is 0 Å². The first-order chi connectivity index (χ1) is 7.15. The van der Waals surface area contributed by atoms with Gasteiger partial charge in [0.15, 0.2) is 5.69 Å². The fourth-order valence-corrected chi connectivity index (χ4v) is 1.39. The monoisotopic (exact) mass is 237 g/mol. The zero-order valence-electron chi connectivity index (χ0n) is 7.64. The highest BCUT2D eigenvalue weighted by Crippen LogP contribution is 2.05. The van der Waals surface area contributed by atoms with Crippen LogP contribution >= 0.6 is 11.7 Å². The molecule has 1 N–H and O–H groups in total. The number of aliphatic hydroxyl groups excluding tert-OH is 1. The van der Waals surface area contributed by atoms with Crippen molar-refractivity contribution in [3.63, 3.8) is 0 Å². The number of rotatable bonds is 5. The molecule has 1 rings (SSSR count). The molecule has 0 aliphatic heterocycles.